The highest BCUT2D eigenvalue weighted by atomic mass is 16.2. The first-order valence-corrected chi connectivity index (χ1v) is 7.72. The van der Waals surface area contributed by atoms with Gasteiger partial charge in [-0.3, -0.25) is 9.69 Å². The smallest absolute Gasteiger partial charge is 0.237 e. The molecule has 1 aliphatic heterocycles. The standard InChI is InChI=1S/C15H31N3O/c1-11(2)8-9-17-15(19)13(4)18-10-6-5-7-14(18)12(3)16/h11-14H,5-10,16H2,1-4H3,(H,17,19). The number of nitrogens with one attached hydrogen (secondary N) is 1. The number of hydrogen-bond acceptors (Lipinski definition) is 3. The SMILES string of the molecule is CC(C)CCNC(=O)C(C)N1CCCCC1C(C)N. The van der Waals surface area contributed by atoms with Crippen molar-refractivity contribution in [2.24, 2.45) is 11.7 Å². The largest absolute Gasteiger partial charge is 0.355 e. The number of hydrogen-bond donors (Lipinski definition) is 2. The number of carbonyl (C=O) groups excluding carboxylic acids is 1. The molecule has 0 aromatic rings. The van der Waals surface area contributed by atoms with Gasteiger partial charge in [-0.05, 0) is 45.6 Å². The van der Waals surface area contributed by atoms with Crippen LogP contribution in [0.15, 0.2) is 0 Å². The average molecular weight is 269 g/mol. The Morgan fingerprint density at radius 2 is 2.00 bits per heavy atom. The van der Waals surface area contributed by atoms with Crippen molar-refractivity contribution in [2.45, 2.75) is 71.5 Å². The Kier molecular flexibility index (Phi) is 6.80. The molecule has 0 bridgehead atoms. The first-order chi connectivity index (χ1) is 8.93. The third-order valence-electron chi connectivity index (χ3n) is 4.10. The van der Waals surface area contributed by atoms with Crippen molar-refractivity contribution in [3.8, 4) is 0 Å². The van der Waals surface area contributed by atoms with E-state index in [-0.39, 0.29) is 18.0 Å². The highest BCUT2D eigenvalue weighted by Gasteiger charge is 2.31. The van der Waals surface area contributed by atoms with Crippen molar-refractivity contribution in [2.75, 3.05) is 13.1 Å². The molecule has 0 aromatic heterocycles. The van der Waals surface area contributed by atoms with E-state index in [0.29, 0.717) is 12.0 Å². The van der Waals surface area contributed by atoms with E-state index in [0.717, 1.165) is 25.9 Å². The van der Waals surface area contributed by atoms with Crippen molar-refractivity contribution in [3.63, 3.8) is 0 Å². The van der Waals surface area contributed by atoms with Gasteiger partial charge in [0.25, 0.3) is 0 Å². The minimum atomic E-state index is -0.0662. The molecule has 1 aliphatic rings. The molecule has 3 N–H and O–H groups in total. The van der Waals surface area contributed by atoms with Gasteiger partial charge in [0.2, 0.25) is 5.91 Å². The zero-order valence-corrected chi connectivity index (χ0v) is 13.0. The molecule has 0 spiro atoms. The van der Waals surface area contributed by atoms with Gasteiger partial charge in [0.05, 0.1) is 6.04 Å². The molecule has 19 heavy (non-hydrogen) atoms. The van der Waals surface area contributed by atoms with E-state index in [1.165, 1.54) is 12.8 Å². The maximum Gasteiger partial charge on any atom is 0.237 e. The summed E-state index contributed by atoms with van der Waals surface area (Å²) in [6.07, 6.45) is 4.55. The number of rotatable bonds is 6. The molecule has 1 rings (SSSR count). The summed E-state index contributed by atoms with van der Waals surface area (Å²) in [5, 5.41) is 3.05. The van der Waals surface area contributed by atoms with Gasteiger partial charge in [-0.15, -0.1) is 0 Å². The second kappa shape index (κ2) is 7.85. The van der Waals surface area contributed by atoms with Gasteiger partial charge in [0, 0.05) is 18.6 Å². The summed E-state index contributed by atoms with van der Waals surface area (Å²) < 4.78 is 0. The van der Waals surface area contributed by atoms with Gasteiger partial charge in [-0.2, -0.15) is 0 Å². The van der Waals surface area contributed by atoms with Crippen LogP contribution < -0.4 is 11.1 Å². The van der Waals surface area contributed by atoms with Crippen molar-refractivity contribution in [1.82, 2.24) is 10.2 Å². The molecule has 0 radical (unpaired) electrons. The molecular weight excluding hydrogens is 238 g/mol. The Labute approximate surface area is 118 Å². The maximum absolute atomic E-state index is 12.2. The fourth-order valence-electron chi connectivity index (χ4n) is 2.81. The monoisotopic (exact) mass is 269 g/mol. The van der Waals surface area contributed by atoms with Crippen molar-refractivity contribution < 1.29 is 4.79 Å². The predicted octanol–water partition coefficient (Wildman–Crippen LogP) is 1.74. The highest BCUT2D eigenvalue weighted by molar-refractivity contribution is 5.81. The molecule has 0 aromatic carbocycles. The lowest BCUT2D eigenvalue weighted by molar-refractivity contribution is -0.127. The fourth-order valence-corrected chi connectivity index (χ4v) is 2.81. The summed E-state index contributed by atoms with van der Waals surface area (Å²) in [5.41, 5.74) is 6.06. The van der Waals surface area contributed by atoms with E-state index in [9.17, 15) is 4.79 Å². The van der Waals surface area contributed by atoms with Gasteiger partial charge >= 0.3 is 0 Å². The van der Waals surface area contributed by atoms with E-state index in [2.05, 4.69) is 24.1 Å². The summed E-state index contributed by atoms with van der Waals surface area (Å²) >= 11 is 0. The van der Waals surface area contributed by atoms with Crippen LogP contribution in [0.3, 0.4) is 0 Å². The molecule has 4 nitrogen and oxygen atoms in total. The maximum atomic E-state index is 12.2. The Hall–Kier alpha value is -0.610. The number of piperidine rings is 1. The molecule has 4 heteroatoms. The zero-order valence-electron chi connectivity index (χ0n) is 13.0. The van der Waals surface area contributed by atoms with Crippen LogP contribution in [0.5, 0.6) is 0 Å². The van der Waals surface area contributed by atoms with Crippen LogP contribution in [0.2, 0.25) is 0 Å². The van der Waals surface area contributed by atoms with E-state index in [4.69, 9.17) is 5.73 Å². The quantitative estimate of drug-likeness (QED) is 0.772. The van der Waals surface area contributed by atoms with Crippen molar-refractivity contribution in [1.29, 1.82) is 0 Å². The van der Waals surface area contributed by atoms with Crippen LogP contribution in [0.1, 0.15) is 53.4 Å². The normalized spacial score (nSPS) is 24.2. The topological polar surface area (TPSA) is 58.4 Å². The number of amides is 1. The molecule has 1 amide bonds. The van der Waals surface area contributed by atoms with Crippen LogP contribution in [0, 0.1) is 5.92 Å². The molecule has 3 unspecified atom stereocenters. The molecule has 1 fully saturated rings. The van der Waals surface area contributed by atoms with Crippen molar-refractivity contribution in [3.05, 3.63) is 0 Å². The average Bonchev–Trinajstić information content (AvgIpc) is 2.37. The summed E-state index contributed by atoms with van der Waals surface area (Å²) in [7, 11) is 0. The van der Waals surface area contributed by atoms with E-state index in [1.807, 2.05) is 13.8 Å². The summed E-state index contributed by atoms with van der Waals surface area (Å²) in [4.78, 5) is 14.5. The van der Waals surface area contributed by atoms with Crippen LogP contribution in [0.4, 0.5) is 0 Å². The first-order valence-electron chi connectivity index (χ1n) is 7.72. The minimum Gasteiger partial charge on any atom is -0.355 e. The van der Waals surface area contributed by atoms with Crippen molar-refractivity contribution >= 4 is 5.91 Å². The van der Waals surface area contributed by atoms with Crippen LogP contribution in [0.25, 0.3) is 0 Å². The molecular formula is C15H31N3O. The van der Waals surface area contributed by atoms with Gasteiger partial charge in [-0.1, -0.05) is 20.3 Å². The Morgan fingerprint density at radius 3 is 2.58 bits per heavy atom. The first kappa shape index (κ1) is 16.4. The van der Waals surface area contributed by atoms with Crippen LogP contribution >= 0.6 is 0 Å². The highest BCUT2D eigenvalue weighted by Crippen LogP contribution is 2.21. The Bertz CT molecular complexity index is 279. The number of likely N-dealkylation sites (tertiary alicyclic amines) is 1. The van der Waals surface area contributed by atoms with Gasteiger partial charge in [-0.25, -0.2) is 0 Å². The van der Waals surface area contributed by atoms with E-state index >= 15 is 0 Å². The lowest BCUT2D eigenvalue weighted by Crippen LogP contribution is -2.56. The van der Waals surface area contributed by atoms with E-state index in [1.54, 1.807) is 0 Å². The molecule has 0 saturated carbocycles. The molecule has 0 aliphatic carbocycles. The van der Waals surface area contributed by atoms with Crippen LogP contribution in [-0.2, 0) is 4.79 Å². The number of nitrogens with zero attached hydrogens (tertiary/aromatic N) is 1. The predicted molar refractivity (Wildman–Crippen MR) is 79.9 cm³/mol. The Morgan fingerprint density at radius 1 is 1.32 bits per heavy atom. The minimum absolute atomic E-state index is 0.0662. The van der Waals surface area contributed by atoms with E-state index < -0.39 is 0 Å². The molecule has 1 heterocycles. The number of carbonyl (C=O) groups is 1. The zero-order chi connectivity index (χ0) is 14.4. The molecule has 1 saturated heterocycles. The molecule has 3 atom stereocenters. The second-order valence-corrected chi connectivity index (χ2v) is 6.31. The number of nitrogens with two attached hydrogens (primary N) is 1. The summed E-state index contributed by atoms with van der Waals surface area (Å²) in [5.74, 6) is 0.774. The lowest BCUT2D eigenvalue weighted by Gasteiger charge is -2.41. The second-order valence-electron chi connectivity index (χ2n) is 6.31. The lowest BCUT2D eigenvalue weighted by atomic mass is 9.95. The van der Waals surface area contributed by atoms with Gasteiger partial charge in [0.15, 0.2) is 0 Å². The Balaban J connectivity index is 2.49. The van der Waals surface area contributed by atoms with Gasteiger partial charge in [0.1, 0.15) is 0 Å². The summed E-state index contributed by atoms with van der Waals surface area (Å²) in [6, 6.07) is 0.411. The fraction of sp³-hybridized carbons (Fsp3) is 0.933. The van der Waals surface area contributed by atoms with Crippen LogP contribution in [-0.4, -0.2) is 42.0 Å². The third kappa shape index (κ3) is 5.11. The van der Waals surface area contributed by atoms with Gasteiger partial charge < -0.3 is 11.1 Å². The molecule has 112 valence electrons. The third-order valence-corrected chi connectivity index (χ3v) is 4.10. The summed E-state index contributed by atoms with van der Waals surface area (Å²) in [6.45, 7) is 10.2.